The third-order valence-electron chi connectivity index (χ3n) is 5.05. The fourth-order valence-corrected chi connectivity index (χ4v) is 4.04. The standard InChI is InChI=1S/C16H29NO2/c1-2-6-13-7-5-8-14(11-10-13)17-12-4-3-9-15(17)16(18)19/h13-15H,2-12H2,1H3,(H,18,19). The normalized spacial score (nSPS) is 33.8. The topological polar surface area (TPSA) is 40.5 Å². The van der Waals surface area contributed by atoms with Crippen LogP contribution in [0.3, 0.4) is 0 Å². The van der Waals surface area contributed by atoms with Crippen LogP contribution in [0.4, 0.5) is 0 Å². The van der Waals surface area contributed by atoms with E-state index in [-0.39, 0.29) is 6.04 Å². The zero-order valence-electron chi connectivity index (χ0n) is 12.3. The summed E-state index contributed by atoms with van der Waals surface area (Å²) in [5.74, 6) is 0.289. The van der Waals surface area contributed by atoms with Gasteiger partial charge < -0.3 is 5.11 Å². The molecule has 1 saturated heterocycles. The van der Waals surface area contributed by atoms with Crippen LogP contribution in [-0.2, 0) is 4.79 Å². The first-order valence-corrected chi connectivity index (χ1v) is 8.21. The van der Waals surface area contributed by atoms with Crippen molar-refractivity contribution in [3.63, 3.8) is 0 Å². The second kappa shape index (κ2) is 7.28. The molecule has 110 valence electrons. The lowest BCUT2D eigenvalue weighted by Crippen LogP contribution is -2.49. The van der Waals surface area contributed by atoms with Crippen molar-refractivity contribution >= 4 is 5.97 Å². The van der Waals surface area contributed by atoms with Gasteiger partial charge in [0.25, 0.3) is 0 Å². The number of nitrogens with zero attached hydrogens (tertiary/aromatic N) is 1. The molecule has 1 heterocycles. The van der Waals surface area contributed by atoms with Crippen molar-refractivity contribution in [3.8, 4) is 0 Å². The summed E-state index contributed by atoms with van der Waals surface area (Å²) in [4.78, 5) is 13.7. The lowest BCUT2D eigenvalue weighted by molar-refractivity contribution is -0.146. The number of aliphatic carboxylic acids is 1. The Balaban J connectivity index is 1.94. The van der Waals surface area contributed by atoms with Gasteiger partial charge in [-0.05, 0) is 44.6 Å². The van der Waals surface area contributed by atoms with Gasteiger partial charge in [-0.3, -0.25) is 9.69 Å². The molecule has 2 aliphatic rings. The minimum atomic E-state index is -0.603. The summed E-state index contributed by atoms with van der Waals surface area (Å²) < 4.78 is 0. The Hall–Kier alpha value is -0.570. The summed E-state index contributed by atoms with van der Waals surface area (Å²) in [6.07, 6.45) is 12.1. The Labute approximate surface area is 117 Å². The molecule has 3 heteroatoms. The Morgan fingerprint density at radius 1 is 1.11 bits per heavy atom. The van der Waals surface area contributed by atoms with Gasteiger partial charge in [-0.2, -0.15) is 0 Å². The van der Waals surface area contributed by atoms with E-state index in [9.17, 15) is 9.90 Å². The number of carbonyl (C=O) groups is 1. The summed E-state index contributed by atoms with van der Waals surface area (Å²) in [5, 5.41) is 9.40. The van der Waals surface area contributed by atoms with E-state index in [1.165, 1.54) is 51.4 Å². The molecular formula is C16H29NO2. The number of rotatable bonds is 4. The molecule has 0 spiro atoms. The van der Waals surface area contributed by atoms with E-state index in [0.29, 0.717) is 6.04 Å². The maximum absolute atomic E-state index is 11.4. The highest BCUT2D eigenvalue weighted by Crippen LogP contribution is 2.32. The molecule has 1 N–H and O–H groups in total. The fourth-order valence-electron chi connectivity index (χ4n) is 4.04. The van der Waals surface area contributed by atoms with Crippen molar-refractivity contribution in [1.29, 1.82) is 0 Å². The molecule has 3 unspecified atom stereocenters. The molecule has 0 aromatic carbocycles. The highest BCUT2D eigenvalue weighted by molar-refractivity contribution is 5.73. The SMILES string of the molecule is CCCC1CCCC(N2CCCCC2C(=O)O)CC1. The minimum Gasteiger partial charge on any atom is -0.480 e. The second-order valence-electron chi connectivity index (χ2n) is 6.40. The van der Waals surface area contributed by atoms with Crippen molar-refractivity contribution < 1.29 is 9.90 Å². The zero-order valence-corrected chi connectivity index (χ0v) is 12.3. The Morgan fingerprint density at radius 3 is 2.68 bits per heavy atom. The Kier molecular flexibility index (Phi) is 5.68. The van der Waals surface area contributed by atoms with Gasteiger partial charge in [-0.1, -0.05) is 39.0 Å². The van der Waals surface area contributed by atoms with Crippen LogP contribution in [0.2, 0.25) is 0 Å². The van der Waals surface area contributed by atoms with Crippen LogP contribution in [0.15, 0.2) is 0 Å². The maximum atomic E-state index is 11.4. The highest BCUT2D eigenvalue weighted by atomic mass is 16.4. The first kappa shape index (κ1) is 14.8. The number of carboxylic acids is 1. The average Bonchev–Trinajstić information content (AvgIpc) is 2.65. The molecule has 0 aromatic rings. The monoisotopic (exact) mass is 267 g/mol. The molecule has 3 nitrogen and oxygen atoms in total. The first-order valence-electron chi connectivity index (χ1n) is 8.21. The van der Waals surface area contributed by atoms with Crippen LogP contribution in [0, 0.1) is 5.92 Å². The molecule has 1 aliphatic carbocycles. The summed E-state index contributed by atoms with van der Waals surface area (Å²) in [6.45, 7) is 3.27. The van der Waals surface area contributed by atoms with Gasteiger partial charge in [-0.25, -0.2) is 0 Å². The molecule has 2 fully saturated rings. The van der Waals surface area contributed by atoms with Crippen molar-refractivity contribution in [1.82, 2.24) is 4.90 Å². The highest BCUT2D eigenvalue weighted by Gasteiger charge is 2.34. The Bertz CT molecular complexity index is 292. The molecule has 0 amide bonds. The first-order chi connectivity index (χ1) is 9.22. The number of hydrogen-bond acceptors (Lipinski definition) is 2. The Morgan fingerprint density at radius 2 is 1.95 bits per heavy atom. The smallest absolute Gasteiger partial charge is 0.320 e. The molecule has 19 heavy (non-hydrogen) atoms. The van der Waals surface area contributed by atoms with E-state index in [1.54, 1.807) is 0 Å². The van der Waals surface area contributed by atoms with Gasteiger partial charge in [-0.15, -0.1) is 0 Å². The van der Waals surface area contributed by atoms with E-state index < -0.39 is 5.97 Å². The fraction of sp³-hybridized carbons (Fsp3) is 0.938. The van der Waals surface area contributed by atoms with Crippen LogP contribution in [0.1, 0.15) is 71.1 Å². The largest absolute Gasteiger partial charge is 0.480 e. The van der Waals surface area contributed by atoms with Crippen LogP contribution in [0.5, 0.6) is 0 Å². The number of hydrogen-bond donors (Lipinski definition) is 1. The van der Waals surface area contributed by atoms with Gasteiger partial charge in [0.1, 0.15) is 6.04 Å². The van der Waals surface area contributed by atoms with E-state index in [0.717, 1.165) is 25.3 Å². The van der Waals surface area contributed by atoms with E-state index in [4.69, 9.17) is 0 Å². The maximum Gasteiger partial charge on any atom is 0.320 e. The van der Waals surface area contributed by atoms with Gasteiger partial charge >= 0.3 is 5.97 Å². The van der Waals surface area contributed by atoms with Crippen LogP contribution < -0.4 is 0 Å². The van der Waals surface area contributed by atoms with Gasteiger partial charge in [0.2, 0.25) is 0 Å². The van der Waals surface area contributed by atoms with Crippen molar-refractivity contribution in [2.45, 2.75) is 83.2 Å². The summed E-state index contributed by atoms with van der Waals surface area (Å²) >= 11 is 0. The van der Waals surface area contributed by atoms with Crippen LogP contribution in [-0.4, -0.2) is 34.6 Å². The second-order valence-corrected chi connectivity index (χ2v) is 6.40. The van der Waals surface area contributed by atoms with Gasteiger partial charge in [0, 0.05) is 6.04 Å². The lowest BCUT2D eigenvalue weighted by Gasteiger charge is -2.39. The third-order valence-corrected chi connectivity index (χ3v) is 5.05. The molecule has 0 radical (unpaired) electrons. The molecule has 0 aromatic heterocycles. The van der Waals surface area contributed by atoms with Crippen molar-refractivity contribution in [3.05, 3.63) is 0 Å². The molecule has 1 saturated carbocycles. The summed E-state index contributed by atoms with van der Waals surface area (Å²) in [6, 6.07) is 0.324. The van der Waals surface area contributed by atoms with E-state index >= 15 is 0 Å². The predicted molar refractivity (Wildman–Crippen MR) is 77.3 cm³/mol. The molecule has 1 aliphatic heterocycles. The molecule has 0 bridgehead atoms. The van der Waals surface area contributed by atoms with Gasteiger partial charge in [0.05, 0.1) is 0 Å². The van der Waals surface area contributed by atoms with Crippen LogP contribution >= 0.6 is 0 Å². The molecular weight excluding hydrogens is 238 g/mol. The van der Waals surface area contributed by atoms with Crippen LogP contribution in [0.25, 0.3) is 0 Å². The molecule has 2 rings (SSSR count). The number of piperidine rings is 1. The van der Waals surface area contributed by atoms with E-state index in [2.05, 4.69) is 11.8 Å². The predicted octanol–water partition coefficient (Wildman–Crippen LogP) is 3.67. The van der Waals surface area contributed by atoms with Gasteiger partial charge in [0.15, 0.2) is 0 Å². The zero-order chi connectivity index (χ0) is 13.7. The lowest BCUT2D eigenvalue weighted by atomic mass is 9.94. The number of carboxylic acid groups (broad SMARTS) is 1. The van der Waals surface area contributed by atoms with Crippen molar-refractivity contribution in [2.24, 2.45) is 5.92 Å². The molecule has 3 atom stereocenters. The average molecular weight is 267 g/mol. The minimum absolute atomic E-state index is 0.207. The quantitative estimate of drug-likeness (QED) is 0.790. The summed E-state index contributed by atoms with van der Waals surface area (Å²) in [7, 11) is 0. The summed E-state index contributed by atoms with van der Waals surface area (Å²) in [5.41, 5.74) is 0. The van der Waals surface area contributed by atoms with Crippen molar-refractivity contribution in [2.75, 3.05) is 6.54 Å². The number of likely N-dealkylation sites (tertiary alicyclic amines) is 1. The van der Waals surface area contributed by atoms with E-state index in [1.807, 2.05) is 0 Å². The third kappa shape index (κ3) is 3.95.